The van der Waals surface area contributed by atoms with E-state index in [0.717, 1.165) is 22.4 Å². The highest BCUT2D eigenvalue weighted by Crippen LogP contribution is 2.33. The fourth-order valence-corrected chi connectivity index (χ4v) is 3.73. The van der Waals surface area contributed by atoms with Crippen LogP contribution in [0.3, 0.4) is 0 Å². The Hall–Kier alpha value is -2.94. The maximum absolute atomic E-state index is 12.6. The van der Waals surface area contributed by atoms with Crippen LogP contribution in [-0.4, -0.2) is 62.9 Å². The van der Waals surface area contributed by atoms with Gasteiger partial charge < -0.3 is 14.4 Å². The largest absolute Gasteiger partial charge is 0.462 e. The number of ether oxygens (including phenoxy) is 2. The molecule has 0 N–H and O–H groups in total. The molecule has 0 aliphatic carbocycles. The van der Waals surface area contributed by atoms with Crippen molar-refractivity contribution in [3.05, 3.63) is 35.9 Å². The van der Waals surface area contributed by atoms with Crippen LogP contribution in [-0.2, 0) is 23.1 Å². The number of pyridine rings is 1. The molecule has 1 aliphatic heterocycles. The highest BCUT2D eigenvalue weighted by atomic mass is 16.5. The molecule has 3 aromatic heterocycles. The molecular weight excluding hydrogens is 360 g/mol. The fourth-order valence-electron chi connectivity index (χ4n) is 3.73. The maximum atomic E-state index is 12.6. The van der Waals surface area contributed by atoms with Gasteiger partial charge in [0.15, 0.2) is 5.65 Å². The van der Waals surface area contributed by atoms with E-state index in [1.807, 2.05) is 30.9 Å². The molecule has 0 spiro atoms. The molecule has 9 heteroatoms. The summed E-state index contributed by atoms with van der Waals surface area (Å²) in [4.78, 5) is 19.3. The average Bonchev–Trinajstić information content (AvgIpc) is 3.29. The first kappa shape index (κ1) is 18.4. The Labute approximate surface area is 162 Å². The molecule has 4 heterocycles. The van der Waals surface area contributed by atoms with E-state index in [1.54, 1.807) is 24.0 Å². The number of rotatable bonds is 5. The number of carbonyl (C=O) groups is 1. The zero-order valence-electron chi connectivity index (χ0n) is 16.3. The molecule has 0 saturated carbocycles. The number of aromatic nitrogens is 5. The molecule has 9 nitrogen and oxygen atoms in total. The summed E-state index contributed by atoms with van der Waals surface area (Å²) in [5.41, 5.74) is 2.87. The van der Waals surface area contributed by atoms with Crippen molar-refractivity contribution in [2.75, 3.05) is 31.2 Å². The molecule has 1 saturated heterocycles. The Kier molecular flexibility index (Phi) is 4.99. The number of nitrogens with zero attached hydrogens (tertiary/aromatic N) is 6. The van der Waals surface area contributed by atoms with E-state index in [2.05, 4.69) is 20.1 Å². The summed E-state index contributed by atoms with van der Waals surface area (Å²) < 4.78 is 14.8. The van der Waals surface area contributed by atoms with Gasteiger partial charge in [0.25, 0.3) is 0 Å². The first-order valence-corrected chi connectivity index (χ1v) is 9.42. The predicted octanol–water partition coefficient (Wildman–Crippen LogP) is 1.56. The highest BCUT2D eigenvalue weighted by Gasteiger charge is 2.29. The van der Waals surface area contributed by atoms with E-state index < -0.39 is 0 Å². The topological polar surface area (TPSA) is 87.3 Å². The molecule has 1 aliphatic rings. The van der Waals surface area contributed by atoms with Crippen molar-refractivity contribution in [3.63, 3.8) is 0 Å². The lowest BCUT2D eigenvalue weighted by molar-refractivity contribution is 0.0272. The summed E-state index contributed by atoms with van der Waals surface area (Å²) in [6, 6.07) is 1.89. The van der Waals surface area contributed by atoms with Crippen molar-refractivity contribution in [1.29, 1.82) is 0 Å². The molecule has 148 valence electrons. The van der Waals surface area contributed by atoms with Crippen LogP contribution in [0.1, 0.15) is 23.0 Å². The molecule has 0 bridgehead atoms. The zero-order chi connectivity index (χ0) is 19.7. The van der Waals surface area contributed by atoms with Gasteiger partial charge >= 0.3 is 5.97 Å². The zero-order valence-corrected chi connectivity index (χ0v) is 16.3. The fraction of sp³-hybridized carbons (Fsp3) is 0.474. The molecule has 1 fully saturated rings. The summed E-state index contributed by atoms with van der Waals surface area (Å²) in [5.74, 6) is -0.370. The van der Waals surface area contributed by atoms with E-state index in [4.69, 9.17) is 9.47 Å². The van der Waals surface area contributed by atoms with Crippen molar-refractivity contribution in [3.8, 4) is 0 Å². The second-order valence-corrected chi connectivity index (χ2v) is 6.82. The van der Waals surface area contributed by atoms with Crippen molar-refractivity contribution in [1.82, 2.24) is 24.5 Å². The van der Waals surface area contributed by atoms with Gasteiger partial charge in [-0.15, -0.1) is 0 Å². The van der Waals surface area contributed by atoms with Gasteiger partial charge in [-0.05, 0) is 19.9 Å². The summed E-state index contributed by atoms with van der Waals surface area (Å²) in [6.07, 6.45) is 5.23. The number of anilines is 1. The minimum absolute atomic E-state index is 0.0381. The number of esters is 1. The van der Waals surface area contributed by atoms with Gasteiger partial charge in [-0.2, -0.15) is 10.2 Å². The molecule has 0 aromatic carbocycles. The summed E-state index contributed by atoms with van der Waals surface area (Å²) >= 11 is 0. The molecule has 0 amide bonds. The maximum Gasteiger partial charge on any atom is 0.341 e. The number of hydrogen-bond acceptors (Lipinski definition) is 7. The van der Waals surface area contributed by atoms with Crippen molar-refractivity contribution >= 4 is 22.7 Å². The van der Waals surface area contributed by atoms with Crippen LogP contribution in [0.4, 0.5) is 5.69 Å². The standard InChI is InChI=1S/C19H24N6O3/c1-4-27-19(26)15-10-20-18-16(13(2)22-23(18)3)17(15)24-8-9-28-14(11-24)12-25-7-5-6-21-25/h5-7,10,14H,4,8-9,11-12H2,1-3H3. The van der Waals surface area contributed by atoms with Gasteiger partial charge in [-0.1, -0.05) is 0 Å². The Balaban J connectivity index is 1.74. The van der Waals surface area contributed by atoms with Crippen LogP contribution in [0.5, 0.6) is 0 Å². The lowest BCUT2D eigenvalue weighted by Crippen LogP contribution is -2.45. The Morgan fingerprint density at radius 2 is 2.29 bits per heavy atom. The van der Waals surface area contributed by atoms with Crippen LogP contribution < -0.4 is 4.90 Å². The number of carbonyl (C=O) groups excluding carboxylic acids is 1. The number of fused-ring (bicyclic) bond motifs is 1. The first-order chi connectivity index (χ1) is 13.6. The third-order valence-corrected chi connectivity index (χ3v) is 4.90. The second-order valence-electron chi connectivity index (χ2n) is 6.82. The van der Waals surface area contributed by atoms with Gasteiger partial charge in [-0.25, -0.2) is 9.78 Å². The molecule has 1 atom stereocenters. The number of aryl methyl sites for hydroxylation is 2. The number of hydrogen-bond donors (Lipinski definition) is 0. The monoisotopic (exact) mass is 384 g/mol. The summed E-state index contributed by atoms with van der Waals surface area (Å²) in [6.45, 7) is 6.58. The SMILES string of the molecule is CCOC(=O)c1cnc2c(c(C)nn2C)c1N1CCOC(Cn2cccn2)C1. The van der Waals surface area contributed by atoms with Crippen molar-refractivity contribution in [2.24, 2.45) is 7.05 Å². The van der Waals surface area contributed by atoms with Crippen molar-refractivity contribution < 1.29 is 14.3 Å². The second kappa shape index (κ2) is 7.59. The average molecular weight is 384 g/mol. The van der Waals surface area contributed by atoms with Crippen LogP contribution in [0.15, 0.2) is 24.7 Å². The van der Waals surface area contributed by atoms with E-state index in [-0.39, 0.29) is 12.1 Å². The predicted molar refractivity (Wildman–Crippen MR) is 103 cm³/mol. The lowest BCUT2D eigenvalue weighted by Gasteiger charge is -2.35. The smallest absolute Gasteiger partial charge is 0.341 e. The normalized spacial score (nSPS) is 17.2. The third kappa shape index (κ3) is 3.33. The van der Waals surface area contributed by atoms with E-state index in [0.29, 0.717) is 38.4 Å². The van der Waals surface area contributed by atoms with Gasteiger partial charge in [-0.3, -0.25) is 9.36 Å². The molecular formula is C19H24N6O3. The summed E-state index contributed by atoms with van der Waals surface area (Å²) in [5, 5.41) is 9.65. The molecule has 4 rings (SSSR count). The van der Waals surface area contributed by atoms with Gasteiger partial charge in [0.1, 0.15) is 5.56 Å². The molecule has 28 heavy (non-hydrogen) atoms. The lowest BCUT2D eigenvalue weighted by atomic mass is 10.1. The van der Waals surface area contributed by atoms with Gasteiger partial charge in [0, 0.05) is 38.7 Å². The molecule has 3 aromatic rings. The minimum atomic E-state index is -0.370. The van der Waals surface area contributed by atoms with Crippen LogP contribution in [0.25, 0.3) is 11.0 Å². The van der Waals surface area contributed by atoms with Crippen LogP contribution >= 0.6 is 0 Å². The summed E-state index contributed by atoms with van der Waals surface area (Å²) in [7, 11) is 1.86. The Morgan fingerprint density at radius 3 is 3.04 bits per heavy atom. The third-order valence-electron chi connectivity index (χ3n) is 4.90. The van der Waals surface area contributed by atoms with Gasteiger partial charge in [0.2, 0.25) is 0 Å². The quantitative estimate of drug-likeness (QED) is 0.617. The minimum Gasteiger partial charge on any atom is -0.462 e. The highest BCUT2D eigenvalue weighted by molar-refractivity contribution is 6.05. The molecule has 0 radical (unpaired) electrons. The van der Waals surface area contributed by atoms with Crippen LogP contribution in [0.2, 0.25) is 0 Å². The first-order valence-electron chi connectivity index (χ1n) is 9.42. The van der Waals surface area contributed by atoms with E-state index >= 15 is 0 Å². The van der Waals surface area contributed by atoms with Crippen molar-refractivity contribution in [2.45, 2.75) is 26.5 Å². The van der Waals surface area contributed by atoms with Crippen LogP contribution in [0, 0.1) is 6.92 Å². The van der Waals surface area contributed by atoms with E-state index in [1.165, 1.54) is 0 Å². The Morgan fingerprint density at radius 1 is 1.43 bits per heavy atom. The molecule has 1 unspecified atom stereocenters. The van der Waals surface area contributed by atoms with Gasteiger partial charge in [0.05, 0.1) is 42.6 Å². The van der Waals surface area contributed by atoms with E-state index in [9.17, 15) is 4.79 Å². The Bertz CT molecular complexity index is 981. The number of morpholine rings is 1.